The molecule has 0 aromatic carbocycles. The lowest BCUT2D eigenvalue weighted by atomic mass is 10.1. The number of nitrogens with one attached hydrogen (secondary N) is 2. The van der Waals surface area contributed by atoms with Crippen molar-refractivity contribution in [3.63, 3.8) is 0 Å². The Balaban J connectivity index is 1.70. The summed E-state index contributed by atoms with van der Waals surface area (Å²) in [6, 6.07) is 0.412. The second-order valence-electron chi connectivity index (χ2n) is 6.59. The number of piperidine rings is 1. The Morgan fingerprint density at radius 1 is 1.20 bits per heavy atom. The van der Waals surface area contributed by atoms with Gasteiger partial charge in [0.15, 0.2) is 5.96 Å². The number of guanidine groups is 1. The average molecular weight is 392 g/mol. The fraction of sp³-hybridized carbons (Fsp3) is 0.938. The van der Waals surface area contributed by atoms with E-state index in [4.69, 9.17) is 0 Å². The van der Waals surface area contributed by atoms with Gasteiger partial charge in [0.25, 0.3) is 0 Å². The second-order valence-corrected chi connectivity index (χ2v) is 9.90. The largest absolute Gasteiger partial charge is 0.355 e. The molecule has 2 N–H and O–H groups in total. The molecule has 2 aliphatic heterocycles. The van der Waals surface area contributed by atoms with Crippen molar-refractivity contribution in [3.05, 3.63) is 0 Å². The lowest BCUT2D eigenvalue weighted by molar-refractivity contribution is 0.206. The van der Waals surface area contributed by atoms with Crippen LogP contribution in [0.4, 0.5) is 0 Å². The van der Waals surface area contributed by atoms with E-state index in [0.29, 0.717) is 31.6 Å². The quantitative estimate of drug-likeness (QED) is 0.483. The standard InChI is InChI=1S/C16H33N5O2S2/c1-3-7-20-8-4-15(5-9-20)19-16(17-2)18-6-14-25(22,23)21-10-12-24-13-11-21/h15H,3-14H2,1-2H3,(H2,17,18,19). The van der Waals surface area contributed by atoms with Crippen LogP contribution in [0.3, 0.4) is 0 Å². The minimum absolute atomic E-state index is 0.118. The third-order valence-electron chi connectivity index (χ3n) is 4.71. The first-order valence-electron chi connectivity index (χ1n) is 9.30. The summed E-state index contributed by atoms with van der Waals surface area (Å²) in [6.45, 7) is 7.28. The van der Waals surface area contributed by atoms with Crippen LogP contribution in [0.1, 0.15) is 26.2 Å². The van der Waals surface area contributed by atoms with Crippen LogP contribution >= 0.6 is 11.8 Å². The Hall–Kier alpha value is -0.510. The summed E-state index contributed by atoms with van der Waals surface area (Å²) in [5.41, 5.74) is 0. The van der Waals surface area contributed by atoms with Gasteiger partial charge in [0.2, 0.25) is 10.0 Å². The summed E-state index contributed by atoms with van der Waals surface area (Å²) in [5.74, 6) is 2.62. The normalized spacial score (nSPS) is 22.1. The molecule has 7 nitrogen and oxygen atoms in total. The first-order chi connectivity index (χ1) is 12.0. The number of thioether (sulfide) groups is 1. The number of likely N-dealkylation sites (tertiary alicyclic amines) is 1. The van der Waals surface area contributed by atoms with Gasteiger partial charge in [0.05, 0.1) is 5.75 Å². The first kappa shape index (κ1) is 20.8. The molecule has 2 fully saturated rings. The van der Waals surface area contributed by atoms with Crippen LogP contribution in [0.15, 0.2) is 4.99 Å². The molecule has 2 heterocycles. The number of aliphatic imine (C=N–C) groups is 1. The molecule has 0 unspecified atom stereocenters. The van der Waals surface area contributed by atoms with Crippen LogP contribution in [-0.4, -0.2) is 93.2 Å². The van der Waals surface area contributed by atoms with E-state index in [2.05, 4.69) is 27.4 Å². The molecule has 2 aliphatic rings. The lowest BCUT2D eigenvalue weighted by Gasteiger charge is -2.32. The molecule has 2 saturated heterocycles. The summed E-state index contributed by atoms with van der Waals surface area (Å²) in [7, 11) is -1.43. The van der Waals surface area contributed by atoms with Gasteiger partial charge < -0.3 is 15.5 Å². The van der Waals surface area contributed by atoms with E-state index in [9.17, 15) is 8.42 Å². The van der Waals surface area contributed by atoms with Gasteiger partial charge in [-0.05, 0) is 25.8 Å². The van der Waals surface area contributed by atoms with Crippen molar-refractivity contribution in [2.75, 3.05) is 63.6 Å². The Morgan fingerprint density at radius 2 is 1.88 bits per heavy atom. The molecular weight excluding hydrogens is 358 g/mol. The summed E-state index contributed by atoms with van der Waals surface area (Å²) < 4.78 is 26.3. The van der Waals surface area contributed by atoms with E-state index in [-0.39, 0.29) is 5.75 Å². The van der Waals surface area contributed by atoms with Gasteiger partial charge in [-0.3, -0.25) is 4.99 Å². The van der Waals surface area contributed by atoms with E-state index in [1.807, 2.05) is 11.8 Å². The topological polar surface area (TPSA) is 77.0 Å². The molecule has 25 heavy (non-hydrogen) atoms. The predicted molar refractivity (Wildman–Crippen MR) is 107 cm³/mol. The predicted octanol–water partition coefficient (Wildman–Crippen LogP) is 0.404. The highest BCUT2D eigenvalue weighted by molar-refractivity contribution is 7.99. The molecule has 0 aromatic rings. The molecule has 0 radical (unpaired) electrons. The molecule has 2 rings (SSSR count). The molecule has 0 aliphatic carbocycles. The van der Waals surface area contributed by atoms with E-state index < -0.39 is 10.0 Å². The Morgan fingerprint density at radius 3 is 2.48 bits per heavy atom. The van der Waals surface area contributed by atoms with Crippen molar-refractivity contribution in [3.8, 4) is 0 Å². The number of rotatable bonds is 7. The van der Waals surface area contributed by atoms with E-state index in [0.717, 1.165) is 37.4 Å². The van der Waals surface area contributed by atoms with Gasteiger partial charge in [-0.2, -0.15) is 11.8 Å². The van der Waals surface area contributed by atoms with Crippen molar-refractivity contribution < 1.29 is 8.42 Å². The number of hydrogen-bond acceptors (Lipinski definition) is 5. The van der Waals surface area contributed by atoms with Crippen molar-refractivity contribution in [2.24, 2.45) is 4.99 Å². The zero-order valence-electron chi connectivity index (χ0n) is 15.5. The second kappa shape index (κ2) is 10.6. The summed E-state index contributed by atoms with van der Waals surface area (Å²) in [4.78, 5) is 6.74. The summed E-state index contributed by atoms with van der Waals surface area (Å²) in [6.07, 6.45) is 3.40. The van der Waals surface area contributed by atoms with Crippen LogP contribution in [0.2, 0.25) is 0 Å². The highest BCUT2D eigenvalue weighted by Crippen LogP contribution is 2.13. The first-order valence-corrected chi connectivity index (χ1v) is 12.1. The lowest BCUT2D eigenvalue weighted by Crippen LogP contribution is -2.50. The molecule has 0 atom stereocenters. The average Bonchev–Trinajstić information content (AvgIpc) is 2.63. The maximum absolute atomic E-state index is 12.4. The zero-order chi connectivity index (χ0) is 18.1. The minimum atomic E-state index is -3.17. The molecule has 0 amide bonds. The molecule has 0 aromatic heterocycles. The van der Waals surface area contributed by atoms with Crippen molar-refractivity contribution in [1.29, 1.82) is 0 Å². The third kappa shape index (κ3) is 6.96. The van der Waals surface area contributed by atoms with Crippen molar-refractivity contribution in [1.82, 2.24) is 19.8 Å². The number of sulfonamides is 1. The molecule has 9 heteroatoms. The van der Waals surface area contributed by atoms with E-state index >= 15 is 0 Å². The fourth-order valence-electron chi connectivity index (χ4n) is 3.26. The molecule has 0 saturated carbocycles. The number of hydrogen-bond donors (Lipinski definition) is 2. The molecular formula is C16H33N5O2S2. The van der Waals surface area contributed by atoms with Crippen molar-refractivity contribution in [2.45, 2.75) is 32.2 Å². The van der Waals surface area contributed by atoms with Gasteiger partial charge >= 0.3 is 0 Å². The maximum atomic E-state index is 12.4. The minimum Gasteiger partial charge on any atom is -0.355 e. The maximum Gasteiger partial charge on any atom is 0.215 e. The molecule has 0 bridgehead atoms. The fourth-order valence-corrected chi connectivity index (χ4v) is 5.75. The zero-order valence-corrected chi connectivity index (χ0v) is 17.2. The van der Waals surface area contributed by atoms with Crippen LogP contribution in [0.5, 0.6) is 0 Å². The number of nitrogens with zero attached hydrogens (tertiary/aromatic N) is 3. The van der Waals surface area contributed by atoms with Gasteiger partial charge in [-0.1, -0.05) is 6.92 Å². The Labute approximate surface area is 157 Å². The Bertz CT molecular complexity index is 513. The monoisotopic (exact) mass is 391 g/mol. The van der Waals surface area contributed by atoms with Crippen molar-refractivity contribution >= 4 is 27.7 Å². The van der Waals surface area contributed by atoms with Gasteiger partial charge in [0, 0.05) is 57.3 Å². The van der Waals surface area contributed by atoms with Gasteiger partial charge in [-0.15, -0.1) is 0 Å². The van der Waals surface area contributed by atoms with Crippen LogP contribution in [0.25, 0.3) is 0 Å². The summed E-state index contributed by atoms with van der Waals surface area (Å²) in [5, 5.41) is 6.60. The summed E-state index contributed by atoms with van der Waals surface area (Å²) >= 11 is 1.82. The van der Waals surface area contributed by atoms with E-state index in [1.54, 1.807) is 11.4 Å². The SMILES string of the molecule is CCCN1CCC(NC(=NC)NCCS(=O)(=O)N2CCSCC2)CC1. The smallest absolute Gasteiger partial charge is 0.215 e. The highest BCUT2D eigenvalue weighted by atomic mass is 32.2. The van der Waals surface area contributed by atoms with Gasteiger partial charge in [-0.25, -0.2) is 12.7 Å². The molecule has 146 valence electrons. The molecule has 0 spiro atoms. The Kier molecular flexibility index (Phi) is 8.81. The third-order valence-corrected chi connectivity index (χ3v) is 7.52. The van der Waals surface area contributed by atoms with Crippen LogP contribution in [-0.2, 0) is 10.0 Å². The van der Waals surface area contributed by atoms with E-state index in [1.165, 1.54) is 13.0 Å². The highest BCUT2D eigenvalue weighted by Gasteiger charge is 2.24. The van der Waals surface area contributed by atoms with Crippen LogP contribution < -0.4 is 10.6 Å². The van der Waals surface area contributed by atoms with Gasteiger partial charge in [0.1, 0.15) is 0 Å². The van der Waals surface area contributed by atoms with Crippen LogP contribution in [0, 0.1) is 0 Å².